The molecule has 0 bridgehead atoms. The van der Waals surface area contributed by atoms with Crippen molar-refractivity contribution in [3.63, 3.8) is 0 Å². The van der Waals surface area contributed by atoms with Gasteiger partial charge in [-0.1, -0.05) is 52.4 Å². The molecule has 3 N–H and O–H groups in total. The maximum Gasteiger partial charge on any atom is 0.0431 e. The maximum absolute atomic E-state index is 8.73. The molecule has 2 unspecified atom stereocenters. The number of aliphatic hydroxyl groups is 2. The van der Waals surface area contributed by atoms with E-state index in [1.54, 1.807) is 0 Å². The van der Waals surface area contributed by atoms with Gasteiger partial charge in [0.25, 0.3) is 0 Å². The fourth-order valence-electron chi connectivity index (χ4n) is 2.70. The Hall–Kier alpha value is -0.120. The molecule has 0 aromatic rings. The summed E-state index contributed by atoms with van der Waals surface area (Å²) in [5, 5.41) is 21.1. The monoisotopic (exact) mass is 301 g/mol. The van der Waals surface area contributed by atoms with Crippen LogP contribution in [0.25, 0.3) is 0 Å². The fraction of sp³-hybridized carbons (Fsp3) is 1.00. The summed E-state index contributed by atoms with van der Waals surface area (Å²) in [7, 11) is 0. The first kappa shape index (κ1) is 20.9. The van der Waals surface area contributed by atoms with Crippen LogP contribution in [0.2, 0.25) is 0 Å². The van der Waals surface area contributed by atoms with E-state index in [0.29, 0.717) is 13.2 Å². The number of hydrogen-bond donors (Lipinski definition) is 3. The van der Waals surface area contributed by atoms with Crippen LogP contribution in [0.1, 0.15) is 78.1 Å². The highest BCUT2D eigenvalue weighted by Gasteiger charge is 2.05. The number of unbranched alkanes of at least 4 members (excludes halogenated alkanes) is 6. The second-order valence-electron chi connectivity index (χ2n) is 6.72. The van der Waals surface area contributed by atoms with Gasteiger partial charge < -0.3 is 15.5 Å². The van der Waals surface area contributed by atoms with Crippen molar-refractivity contribution in [2.75, 3.05) is 26.3 Å². The molecule has 0 spiro atoms. The standard InChI is InChI=1S/C18H39NO2/c1-17(11-7-3-5-9-13-20)15-19-16-18(2)12-8-4-6-10-14-21/h17-21H,3-16H2,1-2H3. The minimum Gasteiger partial charge on any atom is -0.396 e. The van der Waals surface area contributed by atoms with E-state index in [1.165, 1.54) is 51.4 Å². The quantitative estimate of drug-likeness (QED) is 0.381. The van der Waals surface area contributed by atoms with Crippen LogP contribution in [0.5, 0.6) is 0 Å². The Bertz CT molecular complexity index is 180. The molecule has 0 heterocycles. The molecule has 0 saturated carbocycles. The molecule has 2 atom stereocenters. The Morgan fingerprint density at radius 2 is 1.00 bits per heavy atom. The van der Waals surface area contributed by atoms with E-state index < -0.39 is 0 Å². The van der Waals surface area contributed by atoms with Crippen LogP contribution < -0.4 is 5.32 Å². The molecular formula is C18H39NO2. The predicted molar refractivity (Wildman–Crippen MR) is 91.5 cm³/mol. The topological polar surface area (TPSA) is 52.5 Å². The van der Waals surface area contributed by atoms with Crippen molar-refractivity contribution in [2.45, 2.75) is 78.1 Å². The summed E-state index contributed by atoms with van der Waals surface area (Å²) in [5.74, 6) is 1.52. The average Bonchev–Trinajstić information content (AvgIpc) is 2.47. The zero-order chi connectivity index (χ0) is 15.8. The molecular weight excluding hydrogens is 262 g/mol. The molecule has 0 fully saturated rings. The molecule has 0 rings (SSSR count). The third kappa shape index (κ3) is 16.1. The Morgan fingerprint density at radius 1 is 0.619 bits per heavy atom. The predicted octanol–water partition coefficient (Wildman–Crippen LogP) is 3.73. The zero-order valence-corrected chi connectivity index (χ0v) is 14.4. The van der Waals surface area contributed by atoms with Crippen LogP contribution in [0.3, 0.4) is 0 Å². The summed E-state index contributed by atoms with van der Waals surface area (Å²) >= 11 is 0. The summed E-state index contributed by atoms with van der Waals surface area (Å²) in [5.41, 5.74) is 0. The van der Waals surface area contributed by atoms with Crippen LogP contribution in [-0.2, 0) is 0 Å². The van der Waals surface area contributed by atoms with Crippen molar-refractivity contribution in [2.24, 2.45) is 11.8 Å². The lowest BCUT2D eigenvalue weighted by atomic mass is 10.0. The van der Waals surface area contributed by atoms with Crippen LogP contribution in [0, 0.1) is 11.8 Å². The first-order valence-electron chi connectivity index (χ1n) is 9.13. The summed E-state index contributed by atoms with van der Waals surface area (Å²) < 4.78 is 0. The molecule has 21 heavy (non-hydrogen) atoms. The Kier molecular flexibility index (Phi) is 16.2. The normalized spacial score (nSPS) is 14.3. The summed E-state index contributed by atoms with van der Waals surface area (Å²) in [6.07, 6.45) is 12.0. The number of rotatable bonds is 16. The molecule has 0 radical (unpaired) electrons. The van der Waals surface area contributed by atoms with Gasteiger partial charge in [0.1, 0.15) is 0 Å². The first-order chi connectivity index (χ1) is 10.2. The molecule has 0 saturated heterocycles. The summed E-state index contributed by atoms with van der Waals surface area (Å²) in [6, 6.07) is 0. The molecule has 3 heteroatoms. The number of aliphatic hydroxyl groups excluding tert-OH is 2. The van der Waals surface area contributed by atoms with Gasteiger partial charge in [-0.15, -0.1) is 0 Å². The summed E-state index contributed by atoms with van der Waals surface area (Å²) in [4.78, 5) is 0. The highest BCUT2D eigenvalue weighted by Crippen LogP contribution is 2.11. The second-order valence-corrected chi connectivity index (χ2v) is 6.72. The van der Waals surface area contributed by atoms with E-state index in [0.717, 1.165) is 37.8 Å². The van der Waals surface area contributed by atoms with Gasteiger partial charge in [0.05, 0.1) is 0 Å². The van der Waals surface area contributed by atoms with E-state index >= 15 is 0 Å². The van der Waals surface area contributed by atoms with Gasteiger partial charge in [-0.05, 0) is 50.6 Å². The van der Waals surface area contributed by atoms with Gasteiger partial charge in [-0.3, -0.25) is 0 Å². The minimum atomic E-state index is 0.342. The number of hydrogen-bond acceptors (Lipinski definition) is 3. The molecule has 3 nitrogen and oxygen atoms in total. The third-order valence-corrected chi connectivity index (χ3v) is 4.20. The van der Waals surface area contributed by atoms with Crippen molar-refractivity contribution >= 4 is 0 Å². The lowest BCUT2D eigenvalue weighted by Crippen LogP contribution is -2.26. The van der Waals surface area contributed by atoms with Crippen LogP contribution in [0.15, 0.2) is 0 Å². The van der Waals surface area contributed by atoms with Crippen LogP contribution in [-0.4, -0.2) is 36.5 Å². The van der Waals surface area contributed by atoms with Crippen molar-refractivity contribution in [3.8, 4) is 0 Å². The van der Waals surface area contributed by atoms with Gasteiger partial charge >= 0.3 is 0 Å². The Balaban J connectivity index is 3.30. The van der Waals surface area contributed by atoms with Gasteiger partial charge in [0, 0.05) is 13.2 Å². The molecule has 128 valence electrons. The Labute approximate surface area is 132 Å². The van der Waals surface area contributed by atoms with Crippen LogP contribution in [0.4, 0.5) is 0 Å². The van der Waals surface area contributed by atoms with Crippen molar-refractivity contribution in [1.82, 2.24) is 5.32 Å². The van der Waals surface area contributed by atoms with E-state index in [1.807, 2.05) is 0 Å². The molecule has 0 aromatic heterocycles. The van der Waals surface area contributed by atoms with Crippen molar-refractivity contribution < 1.29 is 10.2 Å². The van der Waals surface area contributed by atoms with Crippen molar-refractivity contribution in [3.05, 3.63) is 0 Å². The van der Waals surface area contributed by atoms with E-state index in [-0.39, 0.29) is 0 Å². The molecule has 0 aromatic carbocycles. The fourth-order valence-corrected chi connectivity index (χ4v) is 2.70. The zero-order valence-electron chi connectivity index (χ0n) is 14.4. The smallest absolute Gasteiger partial charge is 0.0431 e. The second kappa shape index (κ2) is 16.3. The Morgan fingerprint density at radius 3 is 1.38 bits per heavy atom. The summed E-state index contributed by atoms with van der Waals surface area (Å²) in [6.45, 7) is 7.62. The lowest BCUT2D eigenvalue weighted by molar-refractivity contribution is 0.281. The van der Waals surface area contributed by atoms with E-state index in [2.05, 4.69) is 19.2 Å². The van der Waals surface area contributed by atoms with Gasteiger partial charge in [0.2, 0.25) is 0 Å². The third-order valence-electron chi connectivity index (χ3n) is 4.20. The molecule has 0 aliphatic heterocycles. The lowest BCUT2D eigenvalue weighted by Gasteiger charge is -2.16. The van der Waals surface area contributed by atoms with Crippen LogP contribution >= 0.6 is 0 Å². The highest BCUT2D eigenvalue weighted by molar-refractivity contribution is 4.62. The van der Waals surface area contributed by atoms with Gasteiger partial charge in [0.15, 0.2) is 0 Å². The van der Waals surface area contributed by atoms with E-state index in [4.69, 9.17) is 10.2 Å². The molecule has 0 aliphatic carbocycles. The van der Waals surface area contributed by atoms with Gasteiger partial charge in [-0.2, -0.15) is 0 Å². The molecule has 0 amide bonds. The maximum atomic E-state index is 8.73. The van der Waals surface area contributed by atoms with Crippen molar-refractivity contribution in [1.29, 1.82) is 0 Å². The first-order valence-corrected chi connectivity index (χ1v) is 9.13. The minimum absolute atomic E-state index is 0.342. The number of nitrogens with one attached hydrogen (secondary N) is 1. The van der Waals surface area contributed by atoms with E-state index in [9.17, 15) is 0 Å². The largest absolute Gasteiger partial charge is 0.396 e. The SMILES string of the molecule is CC(CCCCCCO)CNCC(C)CCCCCCO. The highest BCUT2D eigenvalue weighted by atomic mass is 16.3. The molecule has 0 aliphatic rings. The average molecular weight is 302 g/mol. The van der Waals surface area contributed by atoms with Gasteiger partial charge in [-0.25, -0.2) is 0 Å².